The van der Waals surface area contributed by atoms with Crippen LogP contribution in [0.1, 0.15) is 112 Å². The van der Waals surface area contributed by atoms with Crippen molar-refractivity contribution in [3.63, 3.8) is 0 Å². The monoisotopic (exact) mass is 598 g/mol. The zero-order valence-corrected chi connectivity index (χ0v) is 26.5. The minimum Gasteiger partial charge on any atom is -0.462 e. The first-order valence-electron chi connectivity index (χ1n) is 16.4. The van der Waals surface area contributed by atoms with Gasteiger partial charge in [-0.3, -0.25) is 0 Å². The molecule has 2 aliphatic rings. The van der Waals surface area contributed by atoms with Crippen molar-refractivity contribution >= 4 is 11.9 Å². The number of unbranched alkanes of at least 4 members (excludes halogenated alkanes) is 10. The van der Waals surface area contributed by atoms with E-state index in [1.54, 1.807) is 24.3 Å². The molecule has 2 aromatic carbocycles. The van der Waals surface area contributed by atoms with Crippen LogP contribution in [0.4, 0.5) is 0 Å². The molecule has 2 atom stereocenters. The van der Waals surface area contributed by atoms with E-state index >= 15 is 0 Å². The maximum Gasteiger partial charge on any atom is 0.339 e. The topological polar surface area (TPSA) is 86.9 Å². The Morgan fingerprint density at radius 1 is 0.581 bits per heavy atom. The quantitative estimate of drug-likeness (QED) is 0.0862. The van der Waals surface area contributed by atoms with Crippen molar-refractivity contribution in [2.24, 2.45) is 0 Å². The molecule has 0 aromatic heterocycles. The summed E-state index contributed by atoms with van der Waals surface area (Å²) in [6.07, 6.45) is 14.4. The number of hydrogen-bond donors (Lipinski definition) is 0. The number of carbonyl (C=O) groups excluding carboxylic acids is 2. The molecule has 0 radical (unpaired) electrons. The normalized spacial score (nSPS) is 16.1. The smallest absolute Gasteiger partial charge is 0.339 e. The summed E-state index contributed by atoms with van der Waals surface area (Å²) < 4.78 is 25.8. The lowest BCUT2D eigenvalue weighted by Gasteiger charge is -2.10. The summed E-state index contributed by atoms with van der Waals surface area (Å²) in [7, 11) is 0. The van der Waals surface area contributed by atoms with Gasteiger partial charge in [-0.15, -0.1) is 0 Å². The molecule has 0 aliphatic carbocycles. The van der Waals surface area contributed by atoms with E-state index in [1.165, 1.54) is 51.4 Å². The van der Waals surface area contributed by atoms with Gasteiger partial charge in [0.05, 0.1) is 50.8 Å². The fourth-order valence-electron chi connectivity index (χ4n) is 4.13. The lowest BCUT2D eigenvalue weighted by molar-refractivity contribution is 0.0450. The molecule has 2 heterocycles. The molecule has 0 spiro atoms. The Labute approximate surface area is 259 Å². The van der Waals surface area contributed by atoms with E-state index in [1.807, 2.05) is 36.4 Å². The molecule has 7 nitrogen and oxygen atoms in total. The van der Waals surface area contributed by atoms with Crippen LogP contribution in [0.25, 0.3) is 0 Å². The maximum atomic E-state index is 12.4. The highest BCUT2D eigenvalue weighted by molar-refractivity contribution is 6.03. The van der Waals surface area contributed by atoms with Gasteiger partial charge in [-0.2, -0.15) is 0 Å². The molecule has 2 saturated heterocycles. The summed E-state index contributed by atoms with van der Waals surface area (Å²) in [5.41, 5.74) is 0.586. The first kappa shape index (κ1) is 36.5. The Kier molecular flexibility index (Phi) is 20.9. The van der Waals surface area contributed by atoms with Crippen LogP contribution in [0.2, 0.25) is 0 Å². The Morgan fingerprint density at radius 3 is 1.28 bits per heavy atom. The lowest BCUT2D eigenvalue weighted by Crippen LogP contribution is -2.15. The van der Waals surface area contributed by atoms with Crippen molar-refractivity contribution < 1.29 is 33.3 Å². The third-order valence-corrected chi connectivity index (χ3v) is 6.91. The molecule has 7 heteroatoms. The van der Waals surface area contributed by atoms with E-state index < -0.39 is 11.9 Å². The van der Waals surface area contributed by atoms with Gasteiger partial charge in [0.15, 0.2) is 0 Å². The molecule has 240 valence electrons. The van der Waals surface area contributed by atoms with Crippen LogP contribution in [-0.4, -0.2) is 63.8 Å². The van der Waals surface area contributed by atoms with Crippen LogP contribution in [-0.2, 0) is 23.7 Å². The molecular formula is C36H54O7. The van der Waals surface area contributed by atoms with Crippen LogP contribution in [0, 0.1) is 0 Å². The number of benzene rings is 2. The molecule has 2 aliphatic heterocycles. The van der Waals surface area contributed by atoms with Gasteiger partial charge in [-0.05, 0) is 25.0 Å². The highest BCUT2D eigenvalue weighted by Crippen LogP contribution is 2.14. The fraction of sp³-hybridized carbons (Fsp3) is 0.611. The maximum absolute atomic E-state index is 12.4. The largest absolute Gasteiger partial charge is 0.462 e. The molecule has 2 aromatic rings. The predicted octanol–water partition coefficient (Wildman–Crippen LogP) is 8.21. The average molecular weight is 599 g/mol. The molecule has 0 saturated carbocycles. The van der Waals surface area contributed by atoms with Crippen molar-refractivity contribution in [2.45, 2.75) is 103 Å². The Hall–Kier alpha value is -2.74. The zero-order valence-electron chi connectivity index (χ0n) is 26.5. The van der Waals surface area contributed by atoms with Gasteiger partial charge in [0.25, 0.3) is 0 Å². The second kappa shape index (κ2) is 24.7. The van der Waals surface area contributed by atoms with Gasteiger partial charge >= 0.3 is 11.9 Å². The molecule has 4 rings (SSSR count). The van der Waals surface area contributed by atoms with Crippen molar-refractivity contribution in [1.29, 1.82) is 0 Å². The summed E-state index contributed by atoms with van der Waals surface area (Å²) in [6.45, 7) is 8.44. The van der Waals surface area contributed by atoms with Crippen LogP contribution in [0.5, 0.6) is 0 Å². The number of esters is 2. The Morgan fingerprint density at radius 2 is 0.930 bits per heavy atom. The second-order valence-electron chi connectivity index (χ2n) is 11.0. The first-order valence-corrected chi connectivity index (χ1v) is 16.4. The standard InChI is InChI=1S/C24H38O4.C6H10O3.C6H6/c1-3-5-7-9-11-15-19-27-23(25)21-17-13-14-18-22(21)24(26)28-20-16-12-10-8-6-4-2;1(5-3-8-5)7-2-6-4-9-6;1-2-4-6-5-3-1/h13-14,17-18H,3-12,15-16,19-20H2,1-2H3;5-6H,1-4H2;1-6H. The number of rotatable bonds is 20. The van der Waals surface area contributed by atoms with Gasteiger partial charge in [-0.1, -0.05) is 127 Å². The first-order chi connectivity index (χ1) is 21.2. The van der Waals surface area contributed by atoms with Crippen molar-refractivity contribution in [2.75, 3.05) is 39.6 Å². The Balaban J connectivity index is 0.000000341. The van der Waals surface area contributed by atoms with E-state index in [0.29, 0.717) is 36.5 Å². The number of carbonyl (C=O) groups is 2. The van der Waals surface area contributed by atoms with E-state index in [-0.39, 0.29) is 0 Å². The predicted molar refractivity (Wildman–Crippen MR) is 170 cm³/mol. The van der Waals surface area contributed by atoms with E-state index in [2.05, 4.69) is 13.8 Å². The molecule has 43 heavy (non-hydrogen) atoms. The Bertz CT molecular complexity index is 869. The van der Waals surface area contributed by atoms with Crippen molar-refractivity contribution in [1.82, 2.24) is 0 Å². The highest BCUT2D eigenvalue weighted by Gasteiger charge is 2.26. The van der Waals surface area contributed by atoms with E-state index in [0.717, 1.165) is 52.1 Å². The summed E-state index contributed by atoms with van der Waals surface area (Å²) in [4.78, 5) is 24.7. The third-order valence-electron chi connectivity index (χ3n) is 6.91. The number of ether oxygens (including phenoxy) is 5. The van der Waals surface area contributed by atoms with Crippen molar-refractivity contribution in [3.05, 3.63) is 71.8 Å². The molecule has 2 unspecified atom stereocenters. The van der Waals surface area contributed by atoms with E-state index in [4.69, 9.17) is 23.7 Å². The van der Waals surface area contributed by atoms with Gasteiger partial charge in [-0.25, -0.2) is 9.59 Å². The SMILES string of the molecule is C(OCC1CO1)C1CO1.CCCCCCCCOC(=O)c1ccccc1C(=O)OCCCCCCCC.c1ccccc1. The molecule has 2 fully saturated rings. The average Bonchev–Trinajstić information content (AvgIpc) is 3.99. The molecular weight excluding hydrogens is 544 g/mol. The van der Waals surface area contributed by atoms with Gasteiger partial charge in [0.1, 0.15) is 12.2 Å². The molecule has 0 amide bonds. The third kappa shape index (κ3) is 20.0. The van der Waals surface area contributed by atoms with Crippen LogP contribution in [0.15, 0.2) is 60.7 Å². The van der Waals surface area contributed by atoms with Gasteiger partial charge in [0.2, 0.25) is 0 Å². The summed E-state index contributed by atoms with van der Waals surface area (Å²) in [6, 6.07) is 18.7. The summed E-state index contributed by atoms with van der Waals surface area (Å²) >= 11 is 0. The summed E-state index contributed by atoms with van der Waals surface area (Å²) in [5, 5.41) is 0. The molecule has 0 bridgehead atoms. The molecule has 0 N–H and O–H groups in total. The van der Waals surface area contributed by atoms with Crippen molar-refractivity contribution in [3.8, 4) is 0 Å². The second-order valence-corrected chi connectivity index (χ2v) is 11.0. The minimum atomic E-state index is -0.444. The van der Waals surface area contributed by atoms with E-state index in [9.17, 15) is 9.59 Å². The lowest BCUT2D eigenvalue weighted by atomic mass is 10.1. The number of epoxide rings is 2. The van der Waals surface area contributed by atoms with Crippen LogP contribution < -0.4 is 0 Å². The fourth-order valence-corrected chi connectivity index (χ4v) is 4.13. The highest BCUT2D eigenvalue weighted by atomic mass is 16.6. The van der Waals surface area contributed by atoms with Gasteiger partial charge < -0.3 is 23.7 Å². The van der Waals surface area contributed by atoms with Gasteiger partial charge in [0, 0.05) is 0 Å². The van der Waals surface area contributed by atoms with Crippen LogP contribution >= 0.6 is 0 Å². The minimum absolute atomic E-state index is 0.293. The van der Waals surface area contributed by atoms with Crippen LogP contribution in [0.3, 0.4) is 0 Å². The number of hydrogen-bond acceptors (Lipinski definition) is 7. The summed E-state index contributed by atoms with van der Waals surface area (Å²) in [5.74, 6) is -0.888. The zero-order chi connectivity index (χ0) is 30.8.